The third-order valence-electron chi connectivity index (χ3n) is 3.21. The molecule has 1 fully saturated rings. The van der Waals surface area contributed by atoms with Crippen molar-refractivity contribution in [2.45, 2.75) is 19.8 Å². The second kappa shape index (κ2) is 5.16. The summed E-state index contributed by atoms with van der Waals surface area (Å²) in [6.45, 7) is 2.72. The fraction of sp³-hybridized carbons (Fsp3) is 0.462. The molecule has 1 aliphatic rings. The van der Waals surface area contributed by atoms with Crippen LogP contribution in [0.25, 0.3) is 0 Å². The molecule has 5 heteroatoms. The topological polar surface area (TPSA) is 79.3 Å². The normalized spacial score (nSPS) is 16.1. The first-order valence-electron chi connectivity index (χ1n) is 6.06. The molecule has 1 aliphatic carbocycles. The van der Waals surface area contributed by atoms with Gasteiger partial charge < -0.3 is 10.4 Å². The number of aromatic nitrogens is 1. The lowest BCUT2D eigenvalue weighted by Gasteiger charge is -2.11. The summed E-state index contributed by atoms with van der Waals surface area (Å²) in [5.74, 6) is -0.248. The van der Waals surface area contributed by atoms with Crippen molar-refractivity contribution in [3.8, 4) is 0 Å². The molecular formula is C13H16N2O3. The van der Waals surface area contributed by atoms with Crippen molar-refractivity contribution in [3.05, 3.63) is 29.6 Å². The van der Waals surface area contributed by atoms with Gasteiger partial charge in [0.05, 0.1) is 0 Å². The Morgan fingerprint density at radius 3 is 2.72 bits per heavy atom. The van der Waals surface area contributed by atoms with Crippen LogP contribution in [0.2, 0.25) is 0 Å². The quantitative estimate of drug-likeness (QED) is 0.828. The zero-order valence-electron chi connectivity index (χ0n) is 10.2. The molecule has 1 atom stereocenters. The van der Waals surface area contributed by atoms with Crippen molar-refractivity contribution in [2.24, 2.45) is 11.8 Å². The first-order valence-corrected chi connectivity index (χ1v) is 6.06. The lowest BCUT2D eigenvalue weighted by molar-refractivity contribution is 0.0690. The lowest BCUT2D eigenvalue weighted by Crippen LogP contribution is -2.29. The number of hydrogen-bond acceptors (Lipinski definition) is 3. The number of amides is 1. The average Bonchev–Trinajstić information content (AvgIpc) is 3.20. The minimum atomic E-state index is -1.13. The molecule has 96 valence electrons. The number of carboxylic acid groups (broad SMARTS) is 1. The molecule has 1 heterocycles. The molecule has 18 heavy (non-hydrogen) atoms. The summed E-state index contributed by atoms with van der Waals surface area (Å²) in [6, 6.07) is 4.41. The highest BCUT2D eigenvalue weighted by Crippen LogP contribution is 2.36. The van der Waals surface area contributed by atoms with E-state index in [2.05, 4.69) is 17.2 Å². The molecule has 2 rings (SSSR count). The van der Waals surface area contributed by atoms with Crippen LogP contribution in [0.3, 0.4) is 0 Å². The fourth-order valence-electron chi connectivity index (χ4n) is 1.86. The highest BCUT2D eigenvalue weighted by atomic mass is 16.4. The molecule has 5 nitrogen and oxygen atoms in total. The molecule has 0 aliphatic heterocycles. The van der Waals surface area contributed by atoms with E-state index in [-0.39, 0.29) is 17.3 Å². The van der Waals surface area contributed by atoms with Crippen LogP contribution < -0.4 is 5.32 Å². The van der Waals surface area contributed by atoms with Crippen LogP contribution in [0.5, 0.6) is 0 Å². The van der Waals surface area contributed by atoms with Crippen LogP contribution in [0, 0.1) is 11.8 Å². The molecule has 1 unspecified atom stereocenters. The minimum absolute atomic E-state index is 0.113. The van der Waals surface area contributed by atoms with Crippen molar-refractivity contribution in [3.63, 3.8) is 0 Å². The lowest BCUT2D eigenvalue weighted by atomic mass is 10.1. The number of pyridine rings is 1. The zero-order chi connectivity index (χ0) is 13.1. The van der Waals surface area contributed by atoms with E-state index in [0.717, 1.165) is 5.92 Å². The van der Waals surface area contributed by atoms with Gasteiger partial charge in [0.25, 0.3) is 5.91 Å². The van der Waals surface area contributed by atoms with E-state index in [9.17, 15) is 9.59 Å². The predicted octanol–water partition coefficient (Wildman–Crippen LogP) is 1.56. The van der Waals surface area contributed by atoms with E-state index in [0.29, 0.717) is 12.5 Å². The Morgan fingerprint density at radius 1 is 1.44 bits per heavy atom. The summed E-state index contributed by atoms with van der Waals surface area (Å²) >= 11 is 0. The molecule has 1 amide bonds. The van der Waals surface area contributed by atoms with Gasteiger partial charge in [0, 0.05) is 6.54 Å². The first-order chi connectivity index (χ1) is 8.58. The molecule has 0 spiro atoms. The number of hydrogen-bond donors (Lipinski definition) is 2. The van der Waals surface area contributed by atoms with Crippen LogP contribution in [-0.2, 0) is 0 Å². The maximum atomic E-state index is 11.8. The maximum absolute atomic E-state index is 11.8. The molecule has 0 bridgehead atoms. The second-order valence-corrected chi connectivity index (χ2v) is 4.74. The van der Waals surface area contributed by atoms with E-state index < -0.39 is 5.97 Å². The highest BCUT2D eigenvalue weighted by molar-refractivity contribution is 5.94. The van der Waals surface area contributed by atoms with E-state index in [1.54, 1.807) is 0 Å². The number of rotatable bonds is 5. The third-order valence-corrected chi connectivity index (χ3v) is 3.21. The van der Waals surface area contributed by atoms with Crippen molar-refractivity contribution in [1.82, 2.24) is 10.3 Å². The van der Waals surface area contributed by atoms with Crippen molar-refractivity contribution < 1.29 is 14.7 Å². The number of nitrogens with zero attached hydrogens (tertiary/aromatic N) is 1. The largest absolute Gasteiger partial charge is 0.477 e. The summed E-state index contributed by atoms with van der Waals surface area (Å²) in [5, 5.41) is 11.6. The van der Waals surface area contributed by atoms with Crippen molar-refractivity contribution in [1.29, 1.82) is 0 Å². The van der Waals surface area contributed by atoms with Gasteiger partial charge in [0.1, 0.15) is 11.4 Å². The van der Waals surface area contributed by atoms with Gasteiger partial charge in [-0.3, -0.25) is 4.79 Å². The van der Waals surface area contributed by atoms with Crippen LogP contribution in [0.4, 0.5) is 0 Å². The summed E-state index contributed by atoms with van der Waals surface area (Å²) in [5.41, 5.74) is 0.0378. The van der Waals surface area contributed by atoms with Gasteiger partial charge in [0.15, 0.2) is 0 Å². The highest BCUT2D eigenvalue weighted by Gasteiger charge is 2.28. The fourth-order valence-corrected chi connectivity index (χ4v) is 1.86. The summed E-state index contributed by atoms with van der Waals surface area (Å²) in [7, 11) is 0. The molecule has 0 radical (unpaired) electrons. The molecule has 1 aromatic heterocycles. The van der Waals surface area contributed by atoms with Gasteiger partial charge in [-0.25, -0.2) is 9.78 Å². The second-order valence-electron chi connectivity index (χ2n) is 4.74. The Labute approximate surface area is 105 Å². The van der Waals surface area contributed by atoms with E-state index >= 15 is 0 Å². The monoisotopic (exact) mass is 248 g/mol. The predicted molar refractivity (Wildman–Crippen MR) is 65.4 cm³/mol. The Kier molecular flexibility index (Phi) is 3.60. The standard InChI is InChI=1S/C13H16N2O3/c1-8(9-5-6-9)7-14-12(16)10-3-2-4-11(15-10)13(17)18/h2-4,8-9H,5-7H2,1H3,(H,14,16)(H,17,18). The van der Waals surface area contributed by atoms with Gasteiger partial charge >= 0.3 is 5.97 Å². The SMILES string of the molecule is CC(CNC(=O)c1cccc(C(=O)O)n1)C1CC1. The van der Waals surface area contributed by atoms with Gasteiger partial charge in [-0.05, 0) is 36.8 Å². The van der Waals surface area contributed by atoms with Gasteiger partial charge in [0.2, 0.25) is 0 Å². The third kappa shape index (κ3) is 3.06. The molecule has 0 saturated heterocycles. The summed E-state index contributed by atoms with van der Waals surface area (Å²) < 4.78 is 0. The molecular weight excluding hydrogens is 232 g/mol. The number of carboxylic acids is 1. The molecule has 0 aromatic carbocycles. The van der Waals surface area contributed by atoms with Crippen LogP contribution in [-0.4, -0.2) is 28.5 Å². The summed E-state index contributed by atoms with van der Waals surface area (Å²) in [4.78, 5) is 26.3. The smallest absolute Gasteiger partial charge is 0.354 e. The summed E-state index contributed by atoms with van der Waals surface area (Å²) in [6.07, 6.45) is 2.48. The van der Waals surface area contributed by atoms with E-state index in [1.807, 2.05) is 0 Å². The van der Waals surface area contributed by atoms with Crippen LogP contribution >= 0.6 is 0 Å². The van der Waals surface area contributed by atoms with Crippen LogP contribution in [0.1, 0.15) is 40.7 Å². The Balaban J connectivity index is 1.95. The zero-order valence-corrected chi connectivity index (χ0v) is 10.2. The van der Waals surface area contributed by atoms with Gasteiger partial charge in [-0.1, -0.05) is 13.0 Å². The maximum Gasteiger partial charge on any atom is 0.354 e. The van der Waals surface area contributed by atoms with Gasteiger partial charge in [-0.2, -0.15) is 0 Å². The number of nitrogens with one attached hydrogen (secondary N) is 1. The van der Waals surface area contributed by atoms with Gasteiger partial charge in [-0.15, -0.1) is 0 Å². The van der Waals surface area contributed by atoms with Crippen molar-refractivity contribution >= 4 is 11.9 Å². The Bertz CT molecular complexity index is 469. The van der Waals surface area contributed by atoms with E-state index in [4.69, 9.17) is 5.11 Å². The average molecular weight is 248 g/mol. The van der Waals surface area contributed by atoms with Crippen LogP contribution in [0.15, 0.2) is 18.2 Å². The Morgan fingerprint density at radius 2 is 2.11 bits per heavy atom. The molecule has 1 aromatic rings. The Hall–Kier alpha value is -1.91. The minimum Gasteiger partial charge on any atom is -0.477 e. The van der Waals surface area contributed by atoms with E-state index in [1.165, 1.54) is 31.0 Å². The van der Waals surface area contributed by atoms with Crippen molar-refractivity contribution in [2.75, 3.05) is 6.54 Å². The molecule has 1 saturated carbocycles. The molecule has 2 N–H and O–H groups in total. The number of carbonyl (C=O) groups excluding carboxylic acids is 1. The number of aromatic carboxylic acids is 1. The first kappa shape index (κ1) is 12.5. The number of carbonyl (C=O) groups is 2.